The zero-order valence-electron chi connectivity index (χ0n) is 11.2. The fraction of sp³-hybridized carbons (Fsp3) is 0.400. The van der Waals surface area contributed by atoms with Crippen LogP contribution in [-0.4, -0.2) is 11.5 Å². The molecule has 0 spiro atoms. The van der Waals surface area contributed by atoms with Crippen LogP contribution in [0.3, 0.4) is 0 Å². The molecule has 2 aromatic rings. The molecule has 0 saturated carbocycles. The van der Waals surface area contributed by atoms with Crippen molar-refractivity contribution in [3.63, 3.8) is 0 Å². The molecule has 0 aromatic carbocycles. The standard InChI is InChI=1S/C15H20N2S/c1-4-16-14(15-8-6-12(3)18-15)9-13-7-5-11(2)10-17-13/h5-8,10,14,16H,4,9H2,1-3H3. The zero-order valence-corrected chi connectivity index (χ0v) is 12.1. The molecular formula is C15H20N2S. The lowest BCUT2D eigenvalue weighted by molar-refractivity contribution is 0.552. The first-order chi connectivity index (χ1) is 8.69. The fourth-order valence-corrected chi connectivity index (χ4v) is 2.94. The van der Waals surface area contributed by atoms with Crippen molar-refractivity contribution in [2.75, 3.05) is 6.54 Å². The smallest absolute Gasteiger partial charge is 0.0470 e. The van der Waals surface area contributed by atoms with Crippen molar-refractivity contribution in [3.05, 3.63) is 51.5 Å². The number of rotatable bonds is 5. The summed E-state index contributed by atoms with van der Waals surface area (Å²) in [5, 5.41) is 3.55. The van der Waals surface area contributed by atoms with Crippen molar-refractivity contribution in [2.24, 2.45) is 0 Å². The number of aromatic nitrogens is 1. The lowest BCUT2D eigenvalue weighted by atomic mass is 10.1. The molecule has 0 saturated heterocycles. The number of hydrogen-bond acceptors (Lipinski definition) is 3. The number of thiophene rings is 1. The van der Waals surface area contributed by atoms with Crippen LogP contribution in [0.1, 0.15) is 34.0 Å². The van der Waals surface area contributed by atoms with Crippen LogP contribution >= 0.6 is 11.3 Å². The van der Waals surface area contributed by atoms with E-state index in [1.165, 1.54) is 15.3 Å². The predicted octanol–water partition coefficient (Wildman–Crippen LogP) is 3.65. The first-order valence-electron chi connectivity index (χ1n) is 6.40. The van der Waals surface area contributed by atoms with Gasteiger partial charge >= 0.3 is 0 Å². The second-order valence-corrected chi connectivity index (χ2v) is 5.91. The Bertz CT molecular complexity index is 487. The van der Waals surface area contributed by atoms with Gasteiger partial charge in [-0.15, -0.1) is 11.3 Å². The number of hydrogen-bond donors (Lipinski definition) is 1. The Kier molecular flexibility index (Phi) is 4.50. The fourth-order valence-electron chi connectivity index (χ4n) is 1.99. The summed E-state index contributed by atoms with van der Waals surface area (Å²) in [6.45, 7) is 7.35. The van der Waals surface area contributed by atoms with Crippen LogP contribution in [0.2, 0.25) is 0 Å². The van der Waals surface area contributed by atoms with Crippen LogP contribution in [0.15, 0.2) is 30.5 Å². The van der Waals surface area contributed by atoms with Crippen LogP contribution in [0, 0.1) is 13.8 Å². The molecule has 2 nitrogen and oxygen atoms in total. The quantitative estimate of drug-likeness (QED) is 0.887. The lowest BCUT2D eigenvalue weighted by Crippen LogP contribution is -2.22. The minimum absolute atomic E-state index is 0.379. The van der Waals surface area contributed by atoms with E-state index in [-0.39, 0.29) is 0 Å². The third kappa shape index (κ3) is 3.40. The van der Waals surface area contributed by atoms with Gasteiger partial charge in [0.15, 0.2) is 0 Å². The Morgan fingerprint density at radius 1 is 1.22 bits per heavy atom. The van der Waals surface area contributed by atoms with Crippen molar-refractivity contribution < 1.29 is 0 Å². The number of nitrogens with one attached hydrogen (secondary N) is 1. The van der Waals surface area contributed by atoms with Gasteiger partial charge in [0.05, 0.1) is 0 Å². The van der Waals surface area contributed by atoms with E-state index in [1.54, 1.807) is 0 Å². The van der Waals surface area contributed by atoms with Crippen LogP contribution in [-0.2, 0) is 6.42 Å². The Hall–Kier alpha value is -1.19. The molecule has 2 heterocycles. The van der Waals surface area contributed by atoms with Gasteiger partial charge < -0.3 is 5.32 Å². The minimum atomic E-state index is 0.379. The van der Waals surface area contributed by atoms with Crippen LogP contribution in [0.25, 0.3) is 0 Å². The summed E-state index contributed by atoms with van der Waals surface area (Å²) in [5.41, 5.74) is 2.36. The first-order valence-corrected chi connectivity index (χ1v) is 7.22. The van der Waals surface area contributed by atoms with Gasteiger partial charge in [-0.25, -0.2) is 0 Å². The van der Waals surface area contributed by atoms with E-state index in [2.05, 4.69) is 55.3 Å². The molecule has 0 bridgehead atoms. The average Bonchev–Trinajstić information content (AvgIpc) is 2.78. The molecule has 0 amide bonds. The molecule has 2 rings (SSSR count). The number of pyridine rings is 1. The summed E-state index contributed by atoms with van der Waals surface area (Å²) in [7, 11) is 0. The molecule has 0 fully saturated rings. The van der Waals surface area contributed by atoms with Gasteiger partial charge in [-0.2, -0.15) is 0 Å². The summed E-state index contributed by atoms with van der Waals surface area (Å²) in [4.78, 5) is 7.26. The van der Waals surface area contributed by atoms with Crippen molar-refractivity contribution >= 4 is 11.3 Å². The first kappa shape index (κ1) is 13.2. The van der Waals surface area contributed by atoms with Gasteiger partial charge in [0.1, 0.15) is 0 Å². The van der Waals surface area contributed by atoms with E-state index in [0.29, 0.717) is 6.04 Å². The SMILES string of the molecule is CCNC(Cc1ccc(C)cn1)c1ccc(C)s1. The highest BCUT2D eigenvalue weighted by atomic mass is 32.1. The maximum Gasteiger partial charge on any atom is 0.0470 e. The highest BCUT2D eigenvalue weighted by Crippen LogP contribution is 2.25. The molecular weight excluding hydrogens is 240 g/mol. The van der Waals surface area contributed by atoms with Gasteiger partial charge in [-0.05, 0) is 44.2 Å². The number of nitrogens with zero attached hydrogens (tertiary/aromatic N) is 1. The molecule has 1 unspecified atom stereocenters. The lowest BCUT2D eigenvalue weighted by Gasteiger charge is -2.16. The monoisotopic (exact) mass is 260 g/mol. The number of likely N-dealkylation sites (N-methyl/N-ethyl adjacent to an activating group) is 1. The van der Waals surface area contributed by atoms with Crippen molar-refractivity contribution in [2.45, 2.75) is 33.2 Å². The summed E-state index contributed by atoms with van der Waals surface area (Å²) in [6.07, 6.45) is 2.89. The van der Waals surface area contributed by atoms with E-state index in [4.69, 9.17) is 0 Å². The molecule has 96 valence electrons. The van der Waals surface area contributed by atoms with E-state index in [1.807, 2.05) is 17.5 Å². The molecule has 0 aliphatic carbocycles. The van der Waals surface area contributed by atoms with Gasteiger partial charge in [0.25, 0.3) is 0 Å². The molecule has 18 heavy (non-hydrogen) atoms. The highest BCUT2D eigenvalue weighted by molar-refractivity contribution is 7.12. The van der Waals surface area contributed by atoms with E-state index in [0.717, 1.165) is 18.7 Å². The van der Waals surface area contributed by atoms with Crippen LogP contribution in [0.4, 0.5) is 0 Å². The minimum Gasteiger partial charge on any atom is -0.309 e. The summed E-state index contributed by atoms with van der Waals surface area (Å²) in [6, 6.07) is 9.04. The van der Waals surface area contributed by atoms with Crippen molar-refractivity contribution in [1.82, 2.24) is 10.3 Å². The Balaban J connectivity index is 2.13. The van der Waals surface area contributed by atoms with Gasteiger partial charge in [0.2, 0.25) is 0 Å². The normalized spacial score (nSPS) is 12.6. The second kappa shape index (κ2) is 6.12. The molecule has 3 heteroatoms. The second-order valence-electron chi connectivity index (χ2n) is 4.59. The van der Waals surface area contributed by atoms with Crippen molar-refractivity contribution in [1.29, 1.82) is 0 Å². The summed E-state index contributed by atoms with van der Waals surface area (Å²) < 4.78 is 0. The van der Waals surface area contributed by atoms with Crippen LogP contribution < -0.4 is 5.32 Å². The number of aryl methyl sites for hydroxylation is 2. The zero-order chi connectivity index (χ0) is 13.0. The van der Waals surface area contributed by atoms with E-state index < -0.39 is 0 Å². The average molecular weight is 260 g/mol. The maximum absolute atomic E-state index is 4.50. The van der Waals surface area contributed by atoms with E-state index in [9.17, 15) is 0 Å². The molecule has 0 radical (unpaired) electrons. The molecule has 1 N–H and O–H groups in total. The van der Waals surface area contributed by atoms with E-state index >= 15 is 0 Å². The molecule has 2 aromatic heterocycles. The largest absolute Gasteiger partial charge is 0.309 e. The third-order valence-corrected chi connectivity index (χ3v) is 4.06. The van der Waals surface area contributed by atoms with Crippen LogP contribution in [0.5, 0.6) is 0 Å². The molecule has 0 aliphatic heterocycles. The predicted molar refractivity (Wildman–Crippen MR) is 78.2 cm³/mol. The molecule has 0 aliphatic rings. The van der Waals surface area contributed by atoms with Crippen molar-refractivity contribution in [3.8, 4) is 0 Å². The Morgan fingerprint density at radius 3 is 2.61 bits per heavy atom. The Labute approximate surface area is 113 Å². The van der Waals surface area contributed by atoms with Gasteiger partial charge in [0, 0.05) is 34.1 Å². The molecule has 1 atom stereocenters. The highest BCUT2D eigenvalue weighted by Gasteiger charge is 2.13. The summed E-state index contributed by atoms with van der Waals surface area (Å²) in [5.74, 6) is 0. The van der Waals surface area contributed by atoms with Gasteiger partial charge in [-0.1, -0.05) is 13.0 Å². The topological polar surface area (TPSA) is 24.9 Å². The third-order valence-electron chi connectivity index (χ3n) is 2.94. The Morgan fingerprint density at radius 2 is 2.06 bits per heavy atom. The summed E-state index contributed by atoms with van der Waals surface area (Å²) >= 11 is 1.87. The maximum atomic E-state index is 4.50. The van der Waals surface area contributed by atoms with Gasteiger partial charge in [-0.3, -0.25) is 4.98 Å².